The largest absolute Gasteiger partial charge is 0.490 e. The quantitative estimate of drug-likeness (QED) is 0.178. The van der Waals surface area contributed by atoms with Crippen LogP contribution in [0.1, 0.15) is 75.2 Å². The molecule has 1 saturated heterocycles. The van der Waals surface area contributed by atoms with Gasteiger partial charge in [0, 0.05) is 49.4 Å². The van der Waals surface area contributed by atoms with Gasteiger partial charge in [0.2, 0.25) is 5.76 Å². The summed E-state index contributed by atoms with van der Waals surface area (Å²) in [5.41, 5.74) is 1.70. The van der Waals surface area contributed by atoms with E-state index in [2.05, 4.69) is 0 Å². The highest BCUT2D eigenvalue weighted by Gasteiger charge is 2.53. The maximum Gasteiger partial charge on any atom is 0.373 e. The number of ether oxygens (including phenoxy) is 5. The number of esters is 2. The second-order valence-electron chi connectivity index (χ2n) is 14.6. The molecule has 0 spiro atoms. The Balaban J connectivity index is 2.55. The van der Waals surface area contributed by atoms with E-state index in [4.69, 9.17) is 28.8 Å². The number of aliphatic hydroxyl groups is 3. The Morgan fingerprint density at radius 2 is 1.71 bits per heavy atom. The number of hydrogen-bond acceptors (Lipinski definition) is 11. The molecule has 0 aromatic rings. The first-order valence-electron chi connectivity index (χ1n) is 17.7. The molecule has 12 atom stereocenters. The SMILES string of the molecule is CO/C1=C/C(C)=C/[C@@H](C)[C@@H](O)[C@@H](C)C/C(C)=C/C=C/[C@H](OC)[C@@H]([C@@H](C)[C@@H](O)[C@H](C)[C@@]2(O)C[C@@H](OC(=O)/C=C/C(=O)O)[C@H](C)[C@@H](C(C)C)O2)OC1=O. The van der Waals surface area contributed by atoms with Gasteiger partial charge >= 0.3 is 17.9 Å². The van der Waals surface area contributed by atoms with Crippen LogP contribution in [0.5, 0.6) is 0 Å². The molecule has 0 unspecified atom stereocenters. The second kappa shape index (κ2) is 19.5. The normalized spacial score (nSPS) is 37.1. The van der Waals surface area contributed by atoms with E-state index in [1.54, 1.807) is 32.9 Å². The predicted molar refractivity (Wildman–Crippen MR) is 191 cm³/mol. The first-order chi connectivity index (χ1) is 23.8. The van der Waals surface area contributed by atoms with E-state index in [9.17, 15) is 29.7 Å². The highest BCUT2D eigenvalue weighted by Crippen LogP contribution is 2.42. The Kier molecular flexibility index (Phi) is 16.8. The van der Waals surface area contributed by atoms with Crippen molar-refractivity contribution in [2.75, 3.05) is 14.2 Å². The topological polar surface area (TPSA) is 178 Å². The van der Waals surface area contributed by atoms with Crippen molar-refractivity contribution in [3.63, 3.8) is 0 Å². The molecule has 12 heteroatoms. The number of aliphatic carboxylic acids is 1. The predicted octanol–water partition coefficient (Wildman–Crippen LogP) is 4.88. The van der Waals surface area contributed by atoms with E-state index in [0.29, 0.717) is 18.1 Å². The third kappa shape index (κ3) is 12.1. The zero-order valence-corrected chi connectivity index (χ0v) is 31.9. The lowest BCUT2D eigenvalue weighted by molar-refractivity contribution is -0.329. The fraction of sp³-hybridized carbons (Fsp3) is 0.667. The number of aliphatic hydroxyl groups excluding tert-OH is 2. The molecule has 0 amide bonds. The molecular weight excluding hydrogens is 660 g/mol. The molecule has 0 aliphatic carbocycles. The van der Waals surface area contributed by atoms with Crippen LogP contribution in [0.3, 0.4) is 0 Å². The molecule has 1 fully saturated rings. The number of cyclic esters (lactones) is 1. The molecule has 0 aromatic carbocycles. The summed E-state index contributed by atoms with van der Waals surface area (Å²) in [4.78, 5) is 37.1. The minimum atomic E-state index is -1.99. The van der Waals surface area contributed by atoms with Gasteiger partial charge in [-0.25, -0.2) is 14.4 Å². The second-order valence-corrected chi connectivity index (χ2v) is 14.6. The van der Waals surface area contributed by atoms with Crippen LogP contribution in [-0.2, 0) is 38.1 Å². The van der Waals surface area contributed by atoms with Crippen LogP contribution in [-0.4, -0.2) is 95.0 Å². The molecule has 2 rings (SSSR count). The first-order valence-corrected chi connectivity index (χ1v) is 17.7. The zero-order valence-electron chi connectivity index (χ0n) is 31.9. The van der Waals surface area contributed by atoms with E-state index >= 15 is 0 Å². The highest BCUT2D eigenvalue weighted by molar-refractivity contribution is 5.90. The molecular formula is C39H60O12. The molecule has 51 heavy (non-hydrogen) atoms. The summed E-state index contributed by atoms with van der Waals surface area (Å²) >= 11 is 0. The van der Waals surface area contributed by atoms with Crippen LogP contribution < -0.4 is 0 Å². The van der Waals surface area contributed by atoms with E-state index in [1.807, 2.05) is 53.7 Å². The summed E-state index contributed by atoms with van der Waals surface area (Å²) in [5.74, 6) is -7.68. The summed E-state index contributed by atoms with van der Waals surface area (Å²) in [6.45, 7) is 16.5. The van der Waals surface area contributed by atoms with Crippen molar-refractivity contribution >= 4 is 17.9 Å². The maximum absolute atomic E-state index is 13.6. The first kappa shape index (κ1) is 43.9. The van der Waals surface area contributed by atoms with Gasteiger partial charge in [-0.05, 0) is 38.2 Å². The van der Waals surface area contributed by atoms with E-state index in [1.165, 1.54) is 20.3 Å². The lowest BCUT2D eigenvalue weighted by Crippen LogP contribution is -2.59. The van der Waals surface area contributed by atoms with Crippen molar-refractivity contribution < 1.29 is 58.5 Å². The lowest BCUT2D eigenvalue weighted by atomic mass is 9.76. The third-order valence-electron chi connectivity index (χ3n) is 10.1. The third-order valence-corrected chi connectivity index (χ3v) is 10.1. The Bertz CT molecular complexity index is 1350. The van der Waals surface area contributed by atoms with Crippen LogP contribution in [0.4, 0.5) is 0 Å². The van der Waals surface area contributed by atoms with Crippen LogP contribution in [0, 0.1) is 35.5 Å². The van der Waals surface area contributed by atoms with Gasteiger partial charge in [-0.15, -0.1) is 0 Å². The molecule has 4 N–H and O–H groups in total. The van der Waals surface area contributed by atoms with Crippen LogP contribution >= 0.6 is 0 Å². The average Bonchev–Trinajstić information content (AvgIpc) is 3.06. The van der Waals surface area contributed by atoms with Crippen molar-refractivity contribution in [2.24, 2.45) is 35.5 Å². The van der Waals surface area contributed by atoms with E-state index in [0.717, 1.165) is 11.6 Å². The van der Waals surface area contributed by atoms with Crippen LogP contribution in [0.25, 0.3) is 0 Å². The monoisotopic (exact) mass is 720 g/mol. The zero-order chi connectivity index (χ0) is 38.8. The number of hydrogen-bond donors (Lipinski definition) is 4. The van der Waals surface area contributed by atoms with Crippen molar-refractivity contribution in [2.45, 2.75) is 118 Å². The lowest BCUT2D eigenvalue weighted by Gasteiger charge is -2.50. The van der Waals surface area contributed by atoms with Gasteiger partial charge in [0.15, 0.2) is 5.79 Å². The molecule has 0 aromatic heterocycles. The van der Waals surface area contributed by atoms with Crippen molar-refractivity contribution in [1.82, 2.24) is 0 Å². The average molecular weight is 721 g/mol. The summed E-state index contributed by atoms with van der Waals surface area (Å²) in [7, 11) is 2.80. The Labute approximate surface area is 302 Å². The highest BCUT2D eigenvalue weighted by atomic mass is 16.6. The number of allylic oxidation sites excluding steroid dienone is 5. The fourth-order valence-electron chi connectivity index (χ4n) is 7.00. The molecule has 0 saturated carbocycles. The molecule has 2 heterocycles. The smallest absolute Gasteiger partial charge is 0.373 e. The number of rotatable bonds is 10. The summed E-state index contributed by atoms with van der Waals surface area (Å²) < 4.78 is 29.1. The number of carbonyl (C=O) groups excluding carboxylic acids is 2. The van der Waals surface area contributed by atoms with Gasteiger partial charge in [-0.2, -0.15) is 0 Å². The minimum absolute atomic E-state index is 0.0458. The number of carbonyl (C=O) groups is 3. The standard InChI is InChI=1S/C39H60O12/c1-21(2)36-26(7)31(49-33(42)16-15-32(40)41)20-39(46,51-36)28(9)35(44)27(8)37-29(47-10)14-12-13-22(3)17-24(5)34(43)25(6)18-23(4)19-30(48-11)38(45)50-37/h12-16,18-19,21,24-29,31,34-37,43-44,46H,17,20H2,1-11H3,(H,40,41)/b14-12+,16-15+,22-13+,23-18+,30-19+/t24-,25+,26-,27-,28-,29-,31+,34-,35+,36+,37+,39+/m0/s1. The summed E-state index contributed by atoms with van der Waals surface area (Å²) in [5, 5.41) is 43.8. The summed E-state index contributed by atoms with van der Waals surface area (Å²) in [6, 6.07) is 0. The molecule has 288 valence electrons. The van der Waals surface area contributed by atoms with Crippen molar-refractivity contribution in [3.05, 3.63) is 59.4 Å². The van der Waals surface area contributed by atoms with E-state index in [-0.39, 0.29) is 35.9 Å². The van der Waals surface area contributed by atoms with Gasteiger partial charge in [0.1, 0.15) is 18.3 Å². The number of carboxylic acid groups (broad SMARTS) is 1. The Hall–Kier alpha value is -3.29. The molecule has 12 nitrogen and oxygen atoms in total. The molecule has 0 bridgehead atoms. The molecule has 2 aliphatic rings. The molecule has 2 aliphatic heterocycles. The molecule has 0 radical (unpaired) electrons. The Morgan fingerprint density at radius 1 is 1.06 bits per heavy atom. The van der Waals surface area contributed by atoms with Gasteiger partial charge in [0.05, 0.1) is 25.4 Å². The van der Waals surface area contributed by atoms with Crippen molar-refractivity contribution in [3.8, 4) is 0 Å². The van der Waals surface area contributed by atoms with Gasteiger partial charge in [-0.1, -0.05) is 83.9 Å². The Morgan fingerprint density at radius 3 is 2.27 bits per heavy atom. The number of carboxylic acids is 1. The van der Waals surface area contributed by atoms with Gasteiger partial charge < -0.3 is 44.1 Å². The maximum atomic E-state index is 13.6. The van der Waals surface area contributed by atoms with Crippen molar-refractivity contribution in [1.29, 1.82) is 0 Å². The van der Waals surface area contributed by atoms with Gasteiger partial charge in [0.25, 0.3) is 0 Å². The van der Waals surface area contributed by atoms with E-state index < -0.39 is 72.2 Å². The summed E-state index contributed by atoms with van der Waals surface area (Å²) in [6.07, 6.45) is 5.37. The van der Waals surface area contributed by atoms with Crippen LogP contribution in [0.15, 0.2) is 59.4 Å². The fourth-order valence-corrected chi connectivity index (χ4v) is 7.00. The number of methoxy groups -OCH3 is 2. The van der Waals surface area contributed by atoms with Gasteiger partial charge in [-0.3, -0.25) is 0 Å². The van der Waals surface area contributed by atoms with Crippen LogP contribution in [0.2, 0.25) is 0 Å². The minimum Gasteiger partial charge on any atom is -0.490 e.